The Morgan fingerprint density at radius 1 is 1.12 bits per heavy atom. The zero-order chi connectivity index (χ0) is 17.6. The summed E-state index contributed by atoms with van der Waals surface area (Å²) in [5.74, 6) is 0.292. The zero-order valence-electron chi connectivity index (χ0n) is 13.7. The minimum absolute atomic E-state index is 0.0639. The van der Waals surface area contributed by atoms with Crippen molar-refractivity contribution in [1.29, 1.82) is 0 Å². The van der Waals surface area contributed by atoms with Gasteiger partial charge in [-0.05, 0) is 48.2 Å². The van der Waals surface area contributed by atoms with E-state index in [1.165, 1.54) is 18.2 Å². The van der Waals surface area contributed by atoms with Crippen molar-refractivity contribution < 1.29 is 8.42 Å². The Hall–Kier alpha value is -2.54. The fourth-order valence-electron chi connectivity index (χ4n) is 2.62. The van der Waals surface area contributed by atoms with Gasteiger partial charge in [-0.2, -0.15) is 3.97 Å². The lowest BCUT2D eigenvalue weighted by molar-refractivity contribution is 0.587. The summed E-state index contributed by atoms with van der Waals surface area (Å²) in [5.41, 5.74) is 8.09. The summed E-state index contributed by atoms with van der Waals surface area (Å²) in [6.45, 7) is 5.85. The first-order valence-corrected chi connectivity index (χ1v) is 9.02. The number of imidazole rings is 1. The SMILES string of the molecule is Cc1cc2[nH]c(=O)n(S(=O)(=O)c3ccc(C(C)C)cc3)c2cc1N. The van der Waals surface area contributed by atoms with Crippen LogP contribution in [0.4, 0.5) is 5.69 Å². The minimum Gasteiger partial charge on any atom is -0.398 e. The maximum Gasteiger partial charge on any atom is 0.340 e. The van der Waals surface area contributed by atoms with Crippen LogP contribution < -0.4 is 11.4 Å². The lowest BCUT2D eigenvalue weighted by Crippen LogP contribution is -2.25. The Bertz CT molecular complexity index is 1070. The fraction of sp³-hybridized carbons (Fsp3) is 0.235. The van der Waals surface area contributed by atoms with Gasteiger partial charge in [0.05, 0.1) is 15.9 Å². The smallest absolute Gasteiger partial charge is 0.340 e. The molecule has 0 bridgehead atoms. The van der Waals surface area contributed by atoms with Crippen molar-refractivity contribution in [3.05, 3.63) is 58.0 Å². The molecule has 0 saturated heterocycles. The molecule has 3 aromatic rings. The molecular weight excluding hydrogens is 326 g/mol. The molecule has 0 aliphatic heterocycles. The highest BCUT2D eigenvalue weighted by Crippen LogP contribution is 2.24. The van der Waals surface area contributed by atoms with Crippen LogP contribution in [0.15, 0.2) is 46.1 Å². The summed E-state index contributed by atoms with van der Waals surface area (Å²) >= 11 is 0. The Morgan fingerprint density at radius 3 is 2.33 bits per heavy atom. The first-order chi connectivity index (χ1) is 11.2. The van der Waals surface area contributed by atoms with E-state index < -0.39 is 15.7 Å². The number of aryl methyl sites for hydroxylation is 1. The number of nitrogen functional groups attached to an aromatic ring is 1. The molecule has 0 saturated carbocycles. The van der Waals surface area contributed by atoms with Crippen LogP contribution in [0.25, 0.3) is 11.0 Å². The van der Waals surface area contributed by atoms with E-state index in [0.717, 1.165) is 15.1 Å². The molecule has 6 nitrogen and oxygen atoms in total. The predicted octanol–water partition coefficient (Wildman–Crippen LogP) is 2.58. The van der Waals surface area contributed by atoms with E-state index in [1.54, 1.807) is 25.1 Å². The highest BCUT2D eigenvalue weighted by molar-refractivity contribution is 7.90. The van der Waals surface area contributed by atoms with Crippen LogP contribution in [0.1, 0.15) is 30.9 Å². The first kappa shape index (κ1) is 16.3. The van der Waals surface area contributed by atoms with Gasteiger partial charge >= 0.3 is 5.69 Å². The summed E-state index contributed by atoms with van der Waals surface area (Å²) in [6.07, 6.45) is 0. The topological polar surface area (TPSA) is 98.0 Å². The molecule has 3 N–H and O–H groups in total. The second kappa shape index (κ2) is 5.52. The van der Waals surface area contributed by atoms with Gasteiger partial charge in [0.1, 0.15) is 0 Å². The van der Waals surface area contributed by atoms with Crippen LogP contribution in [-0.2, 0) is 10.0 Å². The molecule has 0 atom stereocenters. The van der Waals surface area contributed by atoms with E-state index in [4.69, 9.17) is 5.73 Å². The van der Waals surface area contributed by atoms with Gasteiger partial charge in [0.25, 0.3) is 10.0 Å². The molecule has 7 heteroatoms. The number of hydrogen-bond donors (Lipinski definition) is 2. The van der Waals surface area contributed by atoms with Crippen LogP contribution in [0.5, 0.6) is 0 Å². The average Bonchev–Trinajstić information content (AvgIpc) is 2.83. The summed E-state index contributed by atoms with van der Waals surface area (Å²) in [5, 5.41) is 0. The molecule has 1 aromatic heterocycles. The van der Waals surface area contributed by atoms with Crippen molar-refractivity contribution in [2.45, 2.75) is 31.6 Å². The van der Waals surface area contributed by atoms with Gasteiger partial charge < -0.3 is 10.7 Å². The van der Waals surface area contributed by atoms with Gasteiger partial charge in [0.2, 0.25) is 0 Å². The predicted molar refractivity (Wildman–Crippen MR) is 94.8 cm³/mol. The molecule has 0 aliphatic rings. The van der Waals surface area contributed by atoms with Gasteiger partial charge in [0.15, 0.2) is 0 Å². The van der Waals surface area contributed by atoms with Gasteiger partial charge in [-0.1, -0.05) is 26.0 Å². The second-order valence-electron chi connectivity index (χ2n) is 6.15. The molecule has 126 valence electrons. The van der Waals surface area contributed by atoms with Gasteiger partial charge in [0, 0.05) is 5.69 Å². The molecule has 0 fully saturated rings. The van der Waals surface area contributed by atoms with Crippen LogP contribution in [0, 0.1) is 6.92 Å². The van der Waals surface area contributed by atoms with Crippen LogP contribution in [-0.4, -0.2) is 17.4 Å². The number of H-pyrrole nitrogens is 1. The number of aromatic amines is 1. The third kappa shape index (κ3) is 2.50. The van der Waals surface area contributed by atoms with E-state index in [1.807, 2.05) is 13.8 Å². The molecular formula is C17H19N3O3S. The summed E-state index contributed by atoms with van der Waals surface area (Å²) < 4.78 is 26.6. The Balaban J connectivity index is 2.23. The molecule has 2 aromatic carbocycles. The van der Waals surface area contributed by atoms with Crippen molar-refractivity contribution in [3.63, 3.8) is 0 Å². The van der Waals surface area contributed by atoms with E-state index in [9.17, 15) is 13.2 Å². The number of rotatable bonds is 3. The lowest BCUT2D eigenvalue weighted by atomic mass is 10.0. The molecule has 0 amide bonds. The molecule has 3 rings (SSSR count). The quantitative estimate of drug-likeness (QED) is 0.713. The minimum atomic E-state index is -4.01. The number of nitrogens with one attached hydrogen (secondary N) is 1. The Kier molecular flexibility index (Phi) is 3.76. The molecule has 0 spiro atoms. The number of fused-ring (bicyclic) bond motifs is 1. The van der Waals surface area contributed by atoms with Gasteiger partial charge in [-0.3, -0.25) is 0 Å². The molecule has 1 heterocycles. The second-order valence-corrected chi connectivity index (χ2v) is 7.94. The molecule has 0 radical (unpaired) electrons. The van der Waals surface area contributed by atoms with E-state index in [2.05, 4.69) is 4.98 Å². The van der Waals surface area contributed by atoms with Crippen LogP contribution in [0.2, 0.25) is 0 Å². The van der Waals surface area contributed by atoms with Crippen molar-refractivity contribution in [2.24, 2.45) is 0 Å². The Morgan fingerprint density at radius 2 is 1.75 bits per heavy atom. The van der Waals surface area contributed by atoms with Crippen LogP contribution >= 0.6 is 0 Å². The monoisotopic (exact) mass is 345 g/mol. The van der Waals surface area contributed by atoms with Crippen molar-refractivity contribution >= 4 is 26.7 Å². The number of nitrogens with two attached hydrogens (primary N) is 1. The Labute approximate surface area is 140 Å². The van der Waals surface area contributed by atoms with Crippen molar-refractivity contribution in [3.8, 4) is 0 Å². The van der Waals surface area contributed by atoms with Gasteiger partial charge in [-0.15, -0.1) is 0 Å². The highest BCUT2D eigenvalue weighted by Gasteiger charge is 2.23. The van der Waals surface area contributed by atoms with Gasteiger partial charge in [-0.25, -0.2) is 13.2 Å². The van der Waals surface area contributed by atoms with Crippen molar-refractivity contribution in [1.82, 2.24) is 8.96 Å². The molecule has 24 heavy (non-hydrogen) atoms. The summed E-state index contributed by atoms with van der Waals surface area (Å²) in [6, 6.07) is 9.73. The fourth-order valence-corrected chi connectivity index (χ4v) is 3.99. The zero-order valence-corrected chi connectivity index (χ0v) is 14.5. The summed E-state index contributed by atoms with van der Waals surface area (Å²) in [7, 11) is -4.01. The molecule has 0 aliphatic carbocycles. The van der Waals surface area contributed by atoms with Crippen LogP contribution in [0.3, 0.4) is 0 Å². The maximum atomic E-state index is 12.9. The van der Waals surface area contributed by atoms with E-state index in [0.29, 0.717) is 17.1 Å². The number of nitrogens with zero attached hydrogens (tertiary/aromatic N) is 1. The number of aromatic nitrogens is 2. The first-order valence-electron chi connectivity index (χ1n) is 7.58. The lowest BCUT2D eigenvalue weighted by Gasteiger charge is -2.09. The number of anilines is 1. The largest absolute Gasteiger partial charge is 0.398 e. The third-order valence-electron chi connectivity index (χ3n) is 4.11. The normalized spacial score (nSPS) is 12.2. The highest BCUT2D eigenvalue weighted by atomic mass is 32.2. The van der Waals surface area contributed by atoms with E-state index >= 15 is 0 Å². The number of benzene rings is 2. The maximum absolute atomic E-state index is 12.9. The van der Waals surface area contributed by atoms with Crippen molar-refractivity contribution in [2.75, 3.05) is 5.73 Å². The third-order valence-corrected chi connectivity index (χ3v) is 5.83. The number of hydrogen-bond acceptors (Lipinski definition) is 4. The molecule has 0 unspecified atom stereocenters. The average molecular weight is 345 g/mol. The standard InChI is InChI=1S/C17H19N3O3S/c1-10(2)12-4-6-13(7-5-12)24(22,23)20-16-9-14(18)11(3)8-15(16)19-17(20)21/h4-10H,18H2,1-3H3,(H,19,21). The van der Waals surface area contributed by atoms with E-state index in [-0.39, 0.29) is 10.4 Å². The summed E-state index contributed by atoms with van der Waals surface area (Å²) in [4.78, 5) is 14.9.